The Morgan fingerprint density at radius 3 is 2.83 bits per heavy atom. The molecule has 1 atom stereocenters. The van der Waals surface area contributed by atoms with Crippen LogP contribution in [0.3, 0.4) is 0 Å². The van der Waals surface area contributed by atoms with E-state index in [4.69, 9.17) is 4.52 Å². The fourth-order valence-corrected chi connectivity index (χ4v) is 4.50. The number of likely N-dealkylation sites (tertiary alicyclic amines) is 2. The molecule has 0 bridgehead atoms. The fraction of sp³-hybridized carbons (Fsp3) is 0.333. The van der Waals surface area contributed by atoms with Crippen LogP contribution in [0.1, 0.15) is 28.7 Å². The van der Waals surface area contributed by atoms with Gasteiger partial charge in [0.25, 0.3) is 5.91 Å². The van der Waals surface area contributed by atoms with Gasteiger partial charge in [0, 0.05) is 43.0 Å². The van der Waals surface area contributed by atoms with E-state index in [1.165, 1.54) is 0 Å². The SMILES string of the molecule is CN1CC2(CC1c1nc(-c3cccnc3)no1)CN(C(=O)c1cc(F)ccc1F)C2. The summed E-state index contributed by atoms with van der Waals surface area (Å²) >= 11 is 0. The van der Waals surface area contributed by atoms with E-state index in [0.29, 0.717) is 24.8 Å². The minimum absolute atomic E-state index is 0.0638. The number of benzene rings is 1. The average molecular weight is 411 g/mol. The number of hydrogen-bond acceptors (Lipinski definition) is 6. The van der Waals surface area contributed by atoms with Crippen LogP contribution in [0.5, 0.6) is 0 Å². The Bertz CT molecular complexity index is 1100. The first-order valence-electron chi connectivity index (χ1n) is 9.63. The molecule has 9 heteroatoms. The molecule has 0 radical (unpaired) electrons. The lowest BCUT2D eigenvalue weighted by Gasteiger charge is -2.48. The molecule has 1 spiro atoms. The lowest BCUT2D eigenvalue weighted by atomic mass is 9.77. The van der Waals surface area contributed by atoms with Gasteiger partial charge in [-0.2, -0.15) is 4.98 Å². The second-order valence-electron chi connectivity index (χ2n) is 8.12. The third-order valence-electron chi connectivity index (χ3n) is 5.89. The van der Waals surface area contributed by atoms with Crippen LogP contribution in [0.4, 0.5) is 8.78 Å². The van der Waals surface area contributed by atoms with Crippen molar-refractivity contribution in [3.8, 4) is 11.4 Å². The van der Waals surface area contributed by atoms with Crippen LogP contribution in [-0.2, 0) is 0 Å². The number of halogens is 2. The topological polar surface area (TPSA) is 75.4 Å². The summed E-state index contributed by atoms with van der Waals surface area (Å²) in [5.74, 6) is -0.817. The summed E-state index contributed by atoms with van der Waals surface area (Å²) in [4.78, 5) is 24.9. The molecule has 5 rings (SSSR count). The van der Waals surface area contributed by atoms with Crippen molar-refractivity contribution in [1.82, 2.24) is 24.9 Å². The first kappa shape index (κ1) is 18.8. The van der Waals surface area contributed by atoms with Crippen LogP contribution in [0.15, 0.2) is 47.2 Å². The molecule has 154 valence electrons. The molecule has 0 saturated carbocycles. The third kappa shape index (κ3) is 3.15. The van der Waals surface area contributed by atoms with Crippen LogP contribution in [0.25, 0.3) is 11.4 Å². The summed E-state index contributed by atoms with van der Waals surface area (Å²) in [6.45, 7) is 1.70. The molecule has 4 heterocycles. The van der Waals surface area contributed by atoms with Gasteiger partial charge in [0.15, 0.2) is 0 Å². The predicted molar refractivity (Wildman–Crippen MR) is 102 cm³/mol. The molecule has 3 aromatic rings. The first-order chi connectivity index (χ1) is 14.4. The molecule has 1 amide bonds. The van der Waals surface area contributed by atoms with Crippen molar-refractivity contribution in [3.63, 3.8) is 0 Å². The summed E-state index contributed by atoms with van der Waals surface area (Å²) in [6, 6.07) is 6.54. The Morgan fingerprint density at radius 1 is 1.23 bits per heavy atom. The van der Waals surface area contributed by atoms with Crippen molar-refractivity contribution in [3.05, 3.63) is 65.8 Å². The number of pyridine rings is 1. The number of aromatic nitrogens is 3. The molecule has 30 heavy (non-hydrogen) atoms. The summed E-state index contributed by atoms with van der Waals surface area (Å²) in [7, 11) is 1.98. The Morgan fingerprint density at radius 2 is 2.07 bits per heavy atom. The Hall–Kier alpha value is -3.20. The van der Waals surface area contributed by atoms with Gasteiger partial charge < -0.3 is 9.42 Å². The van der Waals surface area contributed by atoms with Crippen LogP contribution < -0.4 is 0 Å². The van der Waals surface area contributed by atoms with E-state index in [-0.39, 0.29) is 17.0 Å². The van der Waals surface area contributed by atoms with E-state index in [0.717, 1.165) is 36.7 Å². The molecule has 2 aliphatic heterocycles. The number of hydrogen-bond donors (Lipinski definition) is 0. The smallest absolute Gasteiger partial charge is 0.256 e. The van der Waals surface area contributed by atoms with Crippen molar-refractivity contribution in [2.75, 3.05) is 26.7 Å². The maximum atomic E-state index is 13.9. The molecule has 1 aromatic carbocycles. The summed E-state index contributed by atoms with van der Waals surface area (Å²) in [5.41, 5.74) is 0.424. The van der Waals surface area contributed by atoms with Crippen LogP contribution >= 0.6 is 0 Å². The molecule has 2 aromatic heterocycles. The monoisotopic (exact) mass is 411 g/mol. The second-order valence-corrected chi connectivity index (χ2v) is 8.12. The van der Waals surface area contributed by atoms with Crippen LogP contribution in [-0.4, -0.2) is 57.5 Å². The largest absolute Gasteiger partial charge is 0.337 e. The third-order valence-corrected chi connectivity index (χ3v) is 5.89. The van der Waals surface area contributed by atoms with Gasteiger partial charge >= 0.3 is 0 Å². The highest BCUT2D eigenvalue weighted by atomic mass is 19.1. The summed E-state index contributed by atoms with van der Waals surface area (Å²) in [6.07, 6.45) is 4.10. The van der Waals surface area contributed by atoms with Crippen molar-refractivity contribution in [1.29, 1.82) is 0 Å². The van der Waals surface area contributed by atoms with Crippen molar-refractivity contribution >= 4 is 5.91 Å². The van der Waals surface area contributed by atoms with E-state index in [1.54, 1.807) is 17.3 Å². The molecule has 2 aliphatic rings. The standard InChI is InChI=1S/C21H19F2N5O2/c1-27-10-21(11-28(12-21)20(29)15-7-14(22)4-5-16(15)23)8-17(27)19-25-18(26-30-19)13-3-2-6-24-9-13/h2-7,9,17H,8,10-12H2,1H3. The van der Waals surface area contributed by atoms with Gasteiger partial charge in [0.05, 0.1) is 11.6 Å². The molecule has 2 fully saturated rings. The van der Waals surface area contributed by atoms with Gasteiger partial charge in [-0.25, -0.2) is 8.78 Å². The van der Waals surface area contributed by atoms with Gasteiger partial charge in [0.2, 0.25) is 11.7 Å². The molecule has 0 aliphatic carbocycles. The van der Waals surface area contributed by atoms with Gasteiger partial charge in [-0.1, -0.05) is 5.16 Å². The second kappa shape index (κ2) is 6.94. The number of rotatable bonds is 3. The zero-order chi connectivity index (χ0) is 20.9. The highest BCUT2D eigenvalue weighted by Crippen LogP contribution is 2.47. The van der Waals surface area contributed by atoms with Crippen molar-refractivity contribution in [2.45, 2.75) is 12.5 Å². The van der Waals surface area contributed by atoms with Crippen LogP contribution in [0.2, 0.25) is 0 Å². The van der Waals surface area contributed by atoms with Crippen LogP contribution in [0, 0.1) is 17.0 Å². The molecule has 2 saturated heterocycles. The van der Waals surface area contributed by atoms with E-state index >= 15 is 0 Å². The molecule has 7 nitrogen and oxygen atoms in total. The van der Waals surface area contributed by atoms with E-state index in [1.807, 2.05) is 19.2 Å². The van der Waals surface area contributed by atoms with E-state index in [2.05, 4.69) is 20.0 Å². The predicted octanol–water partition coefficient (Wildman–Crippen LogP) is 2.93. The lowest BCUT2D eigenvalue weighted by molar-refractivity contribution is 0.0111. The minimum atomic E-state index is -0.711. The van der Waals surface area contributed by atoms with Gasteiger partial charge in [-0.05, 0) is 43.8 Å². The van der Waals surface area contributed by atoms with Gasteiger partial charge in [-0.3, -0.25) is 14.7 Å². The van der Waals surface area contributed by atoms with Gasteiger partial charge in [0.1, 0.15) is 11.6 Å². The molecule has 1 unspecified atom stereocenters. The maximum Gasteiger partial charge on any atom is 0.256 e. The normalized spacial score (nSPS) is 20.5. The Balaban J connectivity index is 1.28. The minimum Gasteiger partial charge on any atom is -0.337 e. The number of carbonyl (C=O) groups excluding carboxylic acids is 1. The summed E-state index contributed by atoms with van der Waals surface area (Å²) in [5, 5.41) is 4.06. The zero-order valence-electron chi connectivity index (χ0n) is 16.3. The van der Waals surface area contributed by atoms with Gasteiger partial charge in [-0.15, -0.1) is 0 Å². The molecule has 0 N–H and O–H groups in total. The number of carbonyl (C=O) groups is 1. The Labute approximate surface area is 171 Å². The maximum absolute atomic E-state index is 13.9. The highest BCUT2D eigenvalue weighted by molar-refractivity contribution is 5.95. The number of nitrogens with zero attached hydrogens (tertiary/aromatic N) is 5. The quantitative estimate of drug-likeness (QED) is 0.660. The van der Waals surface area contributed by atoms with E-state index in [9.17, 15) is 13.6 Å². The number of amides is 1. The Kier molecular flexibility index (Phi) is 4.35. The molecular weight excluding hydrogens is 392 g/mol. The lowest BCUT2D eigenvalue weighted by Crippen LogP contribution is -2.59. The van der Waals surface area contributed by atoms with E-state index < -0.39 is 17.5 Å². The zero-order valence-corrected chi connectivity index (χ0v) is 16.3. The molecular formula is C21H19F2N5O2. The average Bonchev–Trinajstić information content (AvgIpc) is 3.33. The van der Waals surface area contributed by atoms with Crippen molar-refractivity contribution in [2.24, 2.45) is 5.41 Å². The fourth-order valence-electron chi connectivity index (χ4n) is 4.50. The summed E-state index contributed by atoms with van der Waals surface area (Å²) < 4.78 is 32.9. The highest BCUT2D eigenvalue weighted by Gasteiger charge is 2.53. The van der Waals surface area contributed by atoms with Crippen molar-refractivity contribution < 1.29 is 18.1 Å². The first-order valence-corrected chi connectivity index (χ1v) is 9.63.